The van der Waals surface area contributed by atoms with Crippen molar-refractivity contribution >= 4 is 66.4 Å². The Morgan fingerprint density at radius 1 is 1.26 bits per heavy atom. The number of rotatable bonds is 5. The summed E-state index contributed by atoms with van der Waals surface area (Å²) >= 11 is 0. The second kappa shape index (κ2) is 9.02. The van der Waals surface area contributed by atoms with Gasteiger partial charge in [-0.05, 0) is 37.8 Å². The molecule has 3 heterocycles. The number of aromatic nitrogens is 5. The number of nitrogen functional groups attached to an aromatic ring is 1. The molecule has 9 nitrogen and oxygen atoms in total. The molecule has 1 aliphatic carbocycles. The van der Waals surface area contributed by atoms with Crippen molar-refractivity contribution in [1.29, 1.82) is 0 Å². The van der Waals surface area contributed by atoms with Crippen molar-refractivity contribution in [2.45, 2.75) is 37.7 Å². The third kappa shape index (κ3) is 3.86. The summed E-state index contributed by atoms with van der Waals surface area (Å²) in [4.78, 5) is 23.2. The van der Waals surface area contributed by atoms with E-state index < -0.39 is 0 Å². The maximum absolute atomic E-state index is 10.6. The van der Waals surface area contributed by atoms with Gasteiger partial charge in [0.1, 0.15) is 35.2 Å². The Morgan fingerprint density at radius 2 is 2.06 bits per heavy atom. The van der Waals surface area contributed by atoms with Crippen LogP contribution in [0.15, 0.2) is 30.6 Å². The molecule has 1 aromatic carbocycles. The van der Waals surface area contributed by atoms with Gasteiger partial charge >= 0.3 is 37.7 Å². The first-order valence-corrected chi connectivity index (χ1v) is 9.94. The fraction of sp³-hybridized carbons (Fsp3) is 0.333. The minimum absolute atomic E-state index is 0. The number of nitrogens with two attached hydrogens (primary N) is 1. The molecule has 10 heteroatoms. The van der Waals surface area contributed by atoms with Gasteiger partial charge in [0.05, 0.1) is 18.3 Å². The van der Waals surface area contributed by atoms with Gasteiger partial charge < -0.3 is 20.2 Å². The SMILES string of the molecule is COc1cccc2cc(-c3nc(C4CCC(OC=O)CC4)n4ncnc(N)c34)[nH]c12.[CaH2]. The van der Waals surface area contributed by atoms with Crippen molar-refractivity contribution in [2.24, 2.45) is 0 Å². The zero-order chi connectivity index (χ0) is 20.7. The van der Waals surface area contributed by atoms with Gasteiger partial charge in [-0.15, -0.1) is 0 Å². The molecule has 5 rings (SSSR count). The van der Waals surface area contributed by atoms with Crippen LogP contribution in [-0.4, -0.2) is 82.0 Å². The van der Waals surface area contributed by atoms with Gasteiger partial charge in [-0.3, -0.25) is 4.79 Å². The van der Waals surface area contributed by atoms with Gasteiger partial charge in [0.25, 0.3) is 6.47 Å². The molecule has 1 saturated carbocycles. The molecule has 4 aromatic rings. The summed E-state index contributed by atoms with van der Waals surface area (Å²) < 4.78 is 12.4. The minimum atomic E-state index is -0.0229. The van der Waals surface area contributed by atoms with Crippen LogP contribution in [0.4, 0.5) is 5.82 Å². The van der Waals surface area contributed by atoms with E-state index in [1.54, 1.807) is 11.6 Å². The Bertz CT molecular complexity index is 1230. The third-order valence-corrected chi connectivity index (χ3v) is 5.87. The summed E-state index contributed by atoms with van der Waals surface area (Å²) in [7, 11) is 1.65. The quantitative estimate of drug-likeness (QED) is 0.354. The van der Waals surface area contributed by atoms with Crippen LogP contribution in [0.2, 0.25) is 0 Å². The number of aromatic amines is 1. The van der Waals surface area contributed by atoms with E-state index in [1.807, 2.05) is 24.3 Å². The van der Waals surface area contributed by atoms with E-state index in [1.165, 1.54) is 6.33 Å². The number of fused-ring (bicyclic) bond motifs is 2. The first kappa shape index (κ1) is 21.9. The molecule has 0 radical (unpaired) electrons. The number of H-pyrrole nitrogens is 1. The normalized spacial score (nSPS) is 18.6. The molecule has 1 aliphatic rings. The van der Waals surface area contributed by atoms with Crippen LogP contribution < -0.4 is 10.5 Å². The Balaban J connectivity index is 0.00000231. The number of hydrogen-bond acceptors (Lipinski definition) is 7. The number of nitrogens with one attached hydrogen (secondary N) is 1. The second-order valence-electron chi connectivity index (χ2n) is 7.54. The van der Waals surface area contributed by atoms with Crippen molar-refractivity contribution in [2.75, 3.05) is 12.8 Å². The average molecular weight is 449 g/mol. The molecule has 31 heavy (non-hydrogen) atoms. The average Bonchev–Trinajstić information content (AvgIpc) is 3.37. The van der Waals surface area contributed by atoms with E-state index >= 15 is 0 Å². The fourth-order valence-corrected chi connectivity index (χ4v) is 4.39. The Kier molecular flexibility index (Phi) is 6.36. The molecule has 0 bridgehead atoms. The van der Waals surface area contributed by atoms with Crippen LogP contribution in [0.25, 0.3) is 27.8 Å². The summed E-state index contributed by atoms with van der Waals surface area (Å²) in [5.41, 5.74) is 9.37. The summed E-state index contributed by atoms with van der Waals surface area (Å²) in [6, 6.07) is 7.92. The predicted octanol–water partition coefficient (Wildman–Crippen LogP) is 2.15. The number of para-hydroxylation sites is 1. The van der Waals surface area contributed by atoms with Crippen LogP contribution in [0.5, 0.6) is 5.75 Å². The van der Waals surface area contributed by atoms with Gasteiger partial charge in [0, 0.05) is 11.3 Å². The Labute approximate surface area is 208 Å². The van der Waals surface area contributed by atoms with Crippen molar-refractivity contribution in [3.8, 4) is 17.1 Å². The zero-order valence-electron chi connectivity index (χ0n) is 16.5. The monoisotopic (exact) mass is 448 g/mol. The molecule has 0 saturated heterocycles. The molecule has 1 fully saturated rings. The van der Waals surface area contributed by atoms with Crippen LogP contribution in [-0.2, 0) is 9.53 Å². The number of anilines is 1. The number of methoxy groups -OCH3 is 1. The van der Waals surface area contributed by atoms with E-state index in [0.717, 1.165) is 53.9 Å². The standard InChI is InChI=1S/C21H22N6O3.Ca.2H/c1-29-16-4-2-3-13-9-15(25-17(13)16)18-19-20(22)23-10-24-27(19)21(26-18)12-5-7-14(8-6-12)30-11-28;;;/h2-4,9-12,14,25H,5-8H2,1H3,(H2,22,23,24);;;. The number of hydrogen-bond donors (Lipinski definition) is 2. The molecular formula is C21H24CaN6O3. The van der Waals surface area contributed by atoms with E-state index in [-0.39, 0.29) is 49.8 Å². The van der Waals surface area contributed by atoms with Gasteiger partial charge in [-0.2, -0.15) is 5.10 Å². The van der Waals surface area contributed by atoms with Gasteiger partial charge in [0.2, 0.25) is 0 Å². The molecule has 0 atom stereocenters. The van der Waals surface area contributed by atoms with Crippen LogP contribution >= 0.6 is 0 Å². The predicted molar refractivity (Wildman–Crippen MR) is 120 cm³/mol. The maximum atomic E-state index is 10.6. The zero-order valence-corrected chi connectivity index (χ0v) is 16.5. The van der Waals surface area contributed by atoms with E-state index in [4.69, 9.17) is 20.2 Å². The third-order valence-electron chi connectivity index (χ3n) is 5.87. The topological polar surface area (TPSA) is 120 Å². The number of ether oxygens (including phenoxy) is 2. The molecule has 3 N–H and O–H groups in total. The van der Waals surface area contributed by atoms with Gasteiger partial charge in [-0.1, -0.05) is 12.1 Å². The molecule has 0 aliphatic heterocycles. The number of nitrogens with zero attached hydrogens (tertiary/aromatic N) is 4. The fourth-order valence-electron chi connectivity index (χ4n) is 4.39. The van der Waals surface area contributed by atoms with E-state index in [9.17, 15) is 4.79 Å². The molecule has 0 unspecified atom stereocenters. The number of carbonyl (C=O) groups excluding carboxylic acids is 1. The summed E-state index contributed by atoms with van der Waals surface area (Å²) in [6.07, 6.45) is 4.76. The summed E-state index contributed by atoms with van der Waals surface area (Å²) in [6.45, 7) is 0.534. The number of benzene rings is 1. The summed E-state index contributed by atoms with van der Waals surface area (Å²) in [5.74, 6) is 2.19. The van der Waals surface area contributed by atoms with E-state index in [0.29, 0.717) is 23.5 Å². The van der Waals surface area contributed by atoms with Gasteiger partial charge in [-0.25, -0.2) is 14.5 Å². The Hall–Kier alpha value is -2.36. The van der Waals surface area contributed by atoms with Crippen molar-refractivity contribution in [1.82, 2.24) is 24.6 Å². The van der Waals surface area contributed by atoms with Gasteiger partial charge in [0.15, 0.2) is 5.82 Å². The summed E-state index contributed by atoms with van der Waals surface area (Å²) in [5, 5.41) is 5.47. The van der Waals surface area contributed by atoms with Crippen LogP contribution in [0.1, 0.15) is 37.4 Å². The van der Waals surface area contributed by atoms with Crippen LogP contribution in [0, 0.1) is 0 Å². The Morgan fingerprint density at radius 3 is 2.81 bits per heavy atom. The number of carbonyl (C=O) groups is 1. The molecule has 3 aromatic heterocycles. The first-order chi connectivity index (χ1) is 14.7. The van der Waals surface area contributed by atoms with Crippen molar-refractivity contribution < 1.29 is 14.3 Å². The first-order valence-electron chi connectivity index (χ1n) is 9.94. The number of imidazole rings is 1. The van der Waals surface area contributed by atoms with Crippen molar-refractivity contribution in [3.63, 3.8) is 0 Å². The molecule has 0 amide bonds. The molecular weight excluding hydrogens is 424 g/mol. The van der Waals surface area contributed by atoms with Crippen molar-refractivity contribution in [3.05, 3.63) is 36.4 Å². The molecule has 158 valence electrons. The van der Waals surface area contributed by atoms with E-state index in [2.05, 4.69) is 15.1 Å². The van der Waals surface area contributed by atoms with Crippen LogP contribution in [0.3, 0.4) is 0 Å². The molecule has 0 spiro atoms. The second-order valence-corrected chi connectivity index (χ2v) is 7.54.